The molecule has 0 radical (unpaired) electrons. The molecule has 43 heavy (non-hydrogen) atoms. The van der Waals surface area contributed by atoms with Gasteiger partial charge in [0.2, 0.25) is 5.91 Å². The summed E-state index contributed by atoms with van der Waals surface area (Å²) in [6.07, 6.45) is 5.59. The molecule has 0 saturated carbocycles. The van der Waals surface area contributed by atoms with Crippen LogP contribution < -0.4 is 5.32 Å². The van der Waals surface area contributed by atoms with Crippen LogP contribution in [-0.4, -0.2) is 49.6 Å². The largest absolute Gasteiger partial charge is 0.481 e. The number of carbonyl (C=O) groups excluding carboxylic acids is 2. The van der Waals surface area contributed by atoms with Gasteiger partial charge < -0.3 is 25.5 Å². The molecule has 1 fully saturated rings. The van der Waals surface area contributed by atoms with Crippen molar-refractivity contribution in [2.45, 2.75) is 79.6 Å². The van der Waals surface area contributed by atoms with Crippen molar-refractivity contribution in [1.29, 1.82) is 0 Å². The minimum Gasteiger partial charge on any atom is -0.481 e. The lowest BCUT2D eigenvalue weighted by Gasteiger charge is -2.11. The molecule has 10 heteroatoms. The Labute approximate surface area is 251 Å². The summed E-state index contributed by atoms with van der Waals surface area (Å²) >= 11 is 0. The summed E-state index contributed by atoms with van der Waals surface area (Å²) in [6, 6.07) is 0. The van der Waals surface area contributed by atoms with Gasteiger partial charge in [-0.1, -0.05) is 26.5 Å². The Morgan fingerprint density at radius 1 is 0.930 bits per heavy atom. The lowest BCUT2D eigenvalue weighted by Crippen LogP contribution is -2.16. The quantitative estimate of drug-likeness (QED) is 0.227. The number of allylic oxidation sites excluding steroid dienone is 2. The second kappa shape index (κ2) is 12.8. The molecule has 2 aromatic rings. The van der Waals surface area contributed by atoms with Gasteiger partial charge in [-0.05, 0) is 73.9 Å². The van der Waals surface area contributed by atoms with Gasteiger partial charge in [0.1, 0.15) is 0 Å². The number of aliphatic imine (C=N–C) groups is 1. The molecule has 2 aliphatic heterocycles. The number of nitrogens with one attached hydrogen (secondary N) is 3. The van der Waals surface area contributed by atoms with Crippen molar-refractivity contribution in [3.05, 3.63) is 74.5 Å². The van der Waals surface area contributed by atoms with Gasteiger partial charge in [0.05, 0.1) is 5.71 Å². The zero-order valence-electron chi connectivity index (χ0n) is 25.4. The Bertz CT molecular complexity index is 1600. The van der Waals surface area contributed by atoms with Gasteiger partial charge in [0.15, 0.2) is 0 Å². The van der Waals surface area contributed by atoms with E-state index >= 15 is 0 Å². The van der Waals surface area contributed by atoms with Crippen molar-refractivity contribution in [3.8, 4) is 0 Å². The summed E-state index contributed by atoms with van der Waals surface area (Å²) in [6.45, 7) is 13.4. The maximum Gasteiger partial charge on any atom is 0.303 e. The summed E-state index contributed by atoms with van der Waals surface area (Å²) in [5.41, 5.74) is 9.66. The lowest BCUT2D eigenvalue weighted by molar-refractivity contribution is -0.138. The maximum atomic E-state index is 12.4. The SMILES string of the molecule is C=CC1=C(C)C(Cc2[nH]c(Cc3[nH]c(/C=C4\NC(=O)[C@H](C)[C@H]4CC)c(C)c3CCC(=O)O)c(CCC(=O)O)c2C)=NC1=O. The fourth-order valence-corrected chi connectivity index (χ4v) is 6.26. The minimum atomic E-state index is -0.904. The molecule has 4 heterocycles. The molecule has 2 aliphatic rings. The van der Waals surface area contributed by atoms with Crippen LogP contribution in [0.15, 0.2) is 34.5 Å². The van der Waals surface area contributed by atoms with Crippen LogP contribution in [0, 0.1) is 25.7 Å². The molecule has 1 saturated heterocycles. The Balaban J connectivity index is 1.76. The number of rotatable bonds is 13. The number of amides is 2. The van der Waals surface area contributed by atoms with Crippen molar-refractivity contribution in [3.63, 3.8) is 0 Å². The van der Waals surface area contributed by atoms with E-state index in [-0.39, 0.29) is 36.5 Å². The molecule has 10 nitrogen and oxygen atoms in total. The molecule has 228 valence electrons. The Morgan fingerprint density at radius 3 is 2.09 bits per heavy atom. The smallest absolute Gasteiger partial charge is 0.303 e. The van der Waals surface area contributed by atoms with Crippen LogP contribution in [0.25, 0.3) is 6.08 Å². The molecule has 0 bridgehead atoms. The zero-order chi connectivity index (χ0) is 31.6. The number of H-pyrrole nitrogens is 2. The first-order valence-electron chi connectivity index (χ1n) is 14.7. The summed E-state index contributed by atoms with van der Waals surface area (Å²) in [5, 5.41) is 21.9. The molecular weight excluding hydrogens is 548 g/mol. The summed E-state index contributed by atoms with van der Waals surface area (Å²) in [7, 11) is 0. The number of nitrogens with zero attached hydrogens (tertiary/aromatic N) is 1. The zero-order valence-corrected chi connectivity index (χ0v) is 25.4. The van der Waals surface area contributed by atoms with Crippen LogP contribution in [-0.2, 0) is 44.9 Å². The van der Waals surface area contributed by atoms with E-state index in [4.69, 9.17) is 0 Å². The van der Waals surface area contributed by atoms with E-state index in [1.54, 1.807) is 0 Å². The fourth-order valence-electron chi connectivity index (χ4n) is 6.26. The number of hydrogen-bond acceptors (Lipinski definition) is 4. The van der Waals surface area contributed by atoms with Gasteiger partial charge in [-0.2, -0.15) is 0 Å². The van der Waals surface area contributed by atoms with Crippen LogP contribution in [0.1, 0.15) is 85.1 Å². The third-order valence-electron chi connectivity index (χ3n) is 8.89. The van der Waals surface area contributed by atoms with Gasteiger partial charge in [0.25, 0.3) is 5.91 Å². The van der Waals surface area contributed by atoms with Crippen molar-refractivity contribution in [2.75, 3.05) is 0 Å². The number of carboxylic acid groups (broad SMARTS) is 2. The van der Waals surface area contributed by atoms with E-state index in [9.17, 15) is 29.4 Å². The standard InChI is InChI=1S/C33H40N4O6/c1-7-20-19(6)32(42)37-27(20)14-25-18(5)23(10-12-31(40)41)29(35-25)15-28-22(9-11-30(38)39)17(4)24(34-28)13-26-16(3)21(8-2)33(43)36-26/h8,14,19-20,34-35H,2,7,9-13,15H2,1,3-6H3,(H,37,42)(H,38,39)(H,40,41)/b27-14-/t19-,20-/m1/s1. The predicted octanol–water partition coefficient (Wildman–Crippen LogP) is 4.74. The fraction of sp³-hybridized carbons (Fsp3) is 0.424. The van der Waals surface area contributed by atoms with E-state index in [0.29, 0.717) is 37.0 Å². The molecule has 0 spiro atoms. The highest BCUT2D eigenvalue weighted by atomic mass is 16.4. The van der Waals surface area contributed by atoms with E-state index in [1.807, 2.05) is 40.7 Å². The van der Waals surface area contributed by atoms with Gasteiger partial charge >= 0.3 is 11.9 Å². The molecule has 5 N–H and O–H groups in total. The highest BCUT2D eigenvalue weighted by molar-refractivity contribution is 6.20. The number of aliphatic carboxylic acids is 2. The van der Waals surface area contributed by atoms with Gasteiger partial charge in [-0.3, -0.25) is 19.2 Å². The summed E-state index contributed by atoms with van der Waals surface area (Å²) < 4.78 is 0. The van der Waals surface area contributed by atoms with E-state index in [0.717, 1.165) is 62.7 Å². The third kappa shape index (κ3) is 6.48. The number of hydrogen-bond donors (Lipinski definition) is 5. The lowest BCUT2D eigenvalue weighted by atomic mass is 9.92. The molecule has 0 aromatic carbocycles. The van der Waals surface area contributed by atoms with Crippen LogP contribution in [0.5, 0.6) is 0 Å². The van der Waals surface area contributed by atoms with E-state index < -0.39 is 11.9 Å². The molecule has 2 amide bonds. The Kier molecular flexibility index (Phi) is 9.37. The number of carboxylic acids is 2. The Hall–Kier alpha value is -4.47. The first-order chi connectivity index (χ1) is 20.4. The van der Waals surface area contributed by atoms with E-state index in [2.05, 4.69) is 26.9 Å². The first-order valence-corrected chi connectivity index (χ1v) is 14.7. The molecular formula is C33H40N4O6. The minimum absolute atomic E-state index is 0.00930. The van der Waals surface area contributed by atoms with Crippen molar-refractivity contribution < 1.29 is 29.4 Å². The van der Waals surface area contributed by atoms with Crippen LogP contribution >= 0.6 is 0 Å². The third-order valence-corrected chi connectivity index (χ3v) is 8.89. The average Bonchev–Trinajstić information content (AvgIpc) is 3.59. The Morgan fingerprint density at radius 2 is 1.53 bits per heavy atom. The second-order valence-corrected chi connectivity index (χ2v) is 11.4. The highest BCUT2D eigenvalue weighted by Gasteiger charge is 2.34. The summed E-state index contributed by atoms with van der Waals surface area (Å²) in [5.74, 6) is -2.19. The molecule has 0 aliphatic carbocycles. The number of aromatic amines is 2. The average molecular weight is 589 g/mol. The monoisotopic (exact) mass is 588 g/mol. The van der Waals surface area contributed by atoms with E-state index in [1.165, 1.54) is 6.08 Å². The maximum absolute atomic E-state index is 12.4. The van der Waals surface area contributed by atoms with Gasteiger partial charge in [0, 0.05) is 71.6 Å². The van der Waals surface area contributed by atoms with Gasteiger partial charge in [-0.25, -0.2) is 4.99 Å². The molecule has 4 rings (SSSR count). The highest BCUT2D eigenvalue weighted by Crippen LogP contribution is 2.33. The van der Waals surface area contributed by atoms with Crippen molar-refractivity contribution >= 4 is 35.5 Å². The normalized spacial score (nSPS) is 19.4. The molecule has 2 atom stereocenters. The van der Waals surface area contributed by atoms with Crippen LogP contribution in [0.4, 0.5) is 0 Å². The van der Waals surface area contributed by atoms with Gasteiger partial charge in [-0.15, -0.1) is 0 Å². The molecule has 0 unspecified atom stereocenters. The predicted molar refractivity (Wildman–Crippen MR) is 164 cm³/mol. The number of carbonyl (C=O) groups is 4. The molecule has 2 aromatic heterocycles. The van der Waals surface area contributed by atoms with Crippen LogP contribution in [0.2, 0.25) is 0 Å². The second-order valence-electron chi connectivity index (χ2n) is 11.4. The van der Waals surface area contributed by atoms with Crippen molar-refractivity contribution in [1.82, 2.24) is 15.3 Å². The topological polar surface area (TPSA) is 165 Å². The summed E-state index contributed by atoms with van der Waals surface area (Å²) in [4.78, 5) is 59.0. The van der Waals surface area contributed by atoms with Crippen LogP contribution in [0.3, 0.4) is 0 Å². The number of aromatic nitrogens is 2. The van der Waals surface area contributed by atoms with Crippen molar-refractivity contribution in [2.24, 2.45) is 16.8 Å². The first kappa shape index (κ1) is 31.5.